The molecule has 1 heterocycles. The Morgan fingerprint density at radius 1 is 1.30 bits per heavy atom. The Morgan fingerprint density at radius 3 is 2.70 bits per heavy atom. The number of anilines is 1. The number of hydrogen-bond donors (Lipinski definition) is 2. The quantitative estimate of drug-likeness (QED) is 0.678. The molecule has 0 fully saturated rings. The predicted octanol–water partition coefficient (Wildman–Crippen LogP) is 1.98. The lowest BCUT2D eigenvalue weighted by Gasteiger charge is -2.17. The summed E-state index contributed by atoms with van der Waals surface area (Å²) in [5.74, 6) is 0.588. The summed E-state index contributed by atoms with van der Waals surface area (Å²) in [6.45, 7) is 10.9. The zero-order valence-corrected chi connectivity index (χ0v) is 12.8. The lowest BCUT2D eigenvalue weighted by molar-refractivity contribution is 0.0952. The van der Waals surface area contributed by atoms with Crippen LogP contribution in [-0.4, -0.2) is 48.5 Å². The molecule has 20 heavy (non-hydrogen) atoms. The third-order valence-corrected chi connectivity index (χ3v) is 3.23. The predicted molar refractivity (Wildman–Crippen MR) is 83.1 cm³/mol. The maximum atomic E-state index is 12.1. The largest absolute Gasteiger partial charge is 0.370 e. The summed E-state index contributed by atoms with van der Waals surface area (Å²) in [4.78, 5) is 18.7. The third kappa shape index (κ3) is 5.17. The van der Waals surface area contributed by atoms with Crippen LogP contribution in [0.4, 0.5) is 5.82 Å². The van der Waals surface area contributed by atoms with Gasteiger partial charge in [0.05, 0.1) is 5.56 Å². The van der Waals surface area contributed by atoms with Gasteiger partial charge < -0.3 is 15.5 Å². The summed E-state index contributed by atoms with van der Waals surface area (Å²) in [5.41, 5.74) is 0.609. The van der Waals surface area contributed by atoms with Gasteiger partial charge in [0, 0.05) is 19.3 Å². The molecule has 0 unspecified atom stereocenters. The molecule has 0 aliphatic rings. The summed E-state index contributed by atoms with van der Waals surface area (Å²) in [6, 6.07) is 3.58. The van der Waals surface area contributed by atoms with Gasteiger partial charge in [0.25, 0.3) is 5.91 Å². The van der Waals surface area contributed by atoms with Crippen LogP contribution in [0.2, 0.25) is 0 Å². The first-order chi connectivity index (χ1) is 9.72. The van der Waals surface area contributed by atoms with Crippen molar-refractivity contribution >= 4 is 11.7 Å². The molecule has 0 bridgehead atoms. The Labute approximate surface area is 121 Å². The number of nitrogens with zero attached hydrogens (tertiary/aromatic N) is 2. The van der Waals surface area contributed by atoms with Crippen LogP contribution < -0.4 is 10.6 Å². The summed E-state index contributed by atoms with van der Waals surface area (Å²) in [6.07, 6.45) is 2.65. The molecule has 0 aromatic carbocycles. The van der Waals surface area contributed by atoms with Gasteiger partial charge in [-0.25, -0.2) is 4.98 Å². The molecule has 5 nitrogen and oxygen atoms in total. The second-order valence-corrected chi connectivity index (χ2v) is 4.57. The Kier molecular flexibility index (Phi) is 7.65. The number of aromatic nitrogens is 1. The van der Waals surface area contributed by atoms with Gasteiger partial charge in [0.1, 0.15) is 5.82 Å². The van der Waals surface area contributed by atoms with Gasteiger partial charge in [0.2, 0.25) is 0 Å². The topological polar surface area (TPSA) is 57.3 Å². The van der Waals surface area contributed by atoms with Gasteiger partial charge >= 0.3 is 0 Å². The van der Waals surface area contributed by atoms with Gasteiger partial charge in [-0.3, -0.25) is 4.79 Å². The van der Waals surface area contributed by atoms with E-state index >= 15 is 0 Å². The van der Waals surface area contributed by atoms with E-state index in [2.05, 4.69) is 34.4 Å². The van der Waals surface area contributed by atoms with Crippen molar-refractivity contribution < 1.29 is 4.79 Å². The van der Waals surface area contributed by atoms with Crippen molar-refractivity contribution in [2.24, 2.45) is 0 Å². The summed E-state index contributed by atoms with van der Waals surface area (Å²) in [5, 5.41) is 6.06. The van der Waals surface area contributed by atoms with Crippen molar-refractivity contribution in [2.45, 2.75) is 27.2 Å². The Hall–Kier alpha value is -1.62. The van der Waals surface area contributed by atoms with E-state index in [0.29, 0.717) is 17.9 Å². The maximum Gasteiger partial charge on any atom is 0.255 e. The molecule has 1 amide bonds. The lowest BCUT2D eigenvalue weighted by atomic mass is 10.2. The Morgan fingerprint density at radius 2 is 2.05 bits per heavy atom. The second-order valence-electron chi connectivity index (χ2n) is 4.57. The number of pyridine rings is 1. The molecule has 0 aliphatic heterocycles. The number of carbonyl (C=O) groups is 1. The van der Waals surface area contributed by atoms with E-state index < -0.39 is 0 Å². The summed E-state index contributed by atoms with van der Waals surface area (Å²) < 4.78 is 0. The van der Waals surface area contributed by atoms with Crippen LogP contribution in [0.3, 0.4) is 0 Å². The van der Waals surface area contributed by atoms with E-state index in [1.54, 1.807) is 18.3 Å². The molecule has 2 N–H and O–H groups in total. The molecule has 0 spiro atoms. The highest BCUT2D eigenvalue weighted by Crippen LogP contribution is 2.10. The van der Waals surface area contributed by atoms with E-state index in [4.69, 9.17) is 0 Å². The van der Waals surface area contributed by atoms with Gasteiger partial charge in [-0.2, -0.15) is 0 Å². The zero-order chi connectivity index (χ0) is 14.8. The minimum absolute atomic E-state index is 0.0615. The van der Waals surface area contributed by atoms with E-state index in [9.17, 15) is 4.79 Å². The number of amides is 1. The maximum absolute atomic E-state index is 12.1. The SMILES string of the molecule is CCNc1ncccc1C(=O)NCCCN(CC)CC. The average molecular weight is 278 g/mol. The molecule has 1 rings (SSSR count). The molecule has 1 aromatic heterocycles. The van der Waals surface area contributed by atoms with Crippen molar-refractivity contribution in [3.05, 3.63) is 23.9 Å². The van der Waals surface area contributed by atoms with E-state index in [1.807, 2.05) is 6.92 Å². The van der Waals surface area contributed by atoms with Crippen molar-refractivity contribution in [1.82, 2.24) is 15.2 Å². The summed E-state index contributed by atoms with van der Waals surface area (Å²) >= 11 is 0. The highest BCUT2D eigenvalue weighted by Gasteiger charge is 2.10. The molecule has 0 saturated carbocycles. The van der Waals surface area contributed by atoms with E-state index in [0.717, 1.165) is 32.6 Å². The first-order valence-corrected chi connectivity index (χ1v) is 7.42. The van der Waals surface area contributed by atoms with Crippen LogP contribution >= 0.6 is 0 Å². The Balaban J connectivity index is 2.43. The molecular weight excluding hydrogens is 252 g/mol. The monoisotopic (exact) mass is 278 g/mol. The molecule has 5 heteroatoms. The van der Waals surface area contributed by atoms with Gasteiger partial charge in [-0.15, -0.1) is 0 Å². The van der Waals surface area contributed by atoms with Crippen LogP contribution in [0.25, 0.3) is 0 Å². The molecule has 0 saturated heterocycles. The highest BCUT2D eigenvalue weighted by atomic mass is 16.1. The number of rotatable bonds is 9. The molecule has 0 atom stereocenters. The first kappa shape index (κ1) is 16.4. The van der Waals surface area contributed by atoms with Crippen LogP contribution in [0.1, 0.15) is 37.6 Å². The van der Waals surface area contributed by atoms with E-state index in [1.165, 1.54) is 0 Å². The van der Waals surface area contributed by atoms with Crippen molar-refractivity contribution in [3.63, 3.8) is 0 Å². The standard InChI is InChI=1S/C15H26N4O/c1-4-16-14-13(9-7-10-17-14)15(20)18-11-8-12-19(5-2)6-3/h7,9-10H,4-6,8,11-12H2,1-3H3,(H,16,17)(H,18,20). The van der Waals surface area contributed by atoms with Crippen LogP contribution in [0.5, 0.6) is 0 Å². The molecule has 0 radical (unpaired) electrons. The van der Waals surface area contributed by atoms with E-state index in [-0.39, 0.29) is 5.91 Å². The summed E-state index contributed by atoms with van der Waals surface area (Å²) in [7, 11) is 0. The van der Waals surface area contributed by atoms with Crippen LogP contribution in [0, 0.1) is 0 Å². The fourth-order valence-electron chi connectivity index (χ4n) is 2.04. The van der Waals surface area contributed by atoms with Crippen LogP contribution in [0.15, 0.2) is 18.3 Å². The average Bonchev–Trinajstić information content (AvgIpc) is 2.48. The normalized spacial score (nSPS) is 10.6. The van der Waals surface area contributed by atoms with Crippen molar-refractivity contribution in [1.29, 1.82) is 0 Å². The van der Waals surface area contributed by atoms with Crippen LogP contribution in [-0.2, 0) is 0 Å². The number of hydrogen-bond acceptors (Lipinski definition) is 4. The lowest BCUT2D eigenvalue weighted by Crippen LogP contribution is -2.30. The third-order valence-electron chi connectivity index (χ3n) is 3.23. The fourth-order valence-corrected chi connectivity index (χ4v) is 2.04. The molecule has 1 aromatic rings. The number of nitrogens with one attached hydrogen (secondary N) is 2. The molecular formula is C15H26N4O. The fraction of sp³-hybridized carbons (Fsp3) is 0.600. The Bertz CT molecular complexity index is 405. The number of carbonyl (C=O) groups excluding carboxylic acids is 1. The van der Waals surface area contributed by atoms with Gasteiger partial charge in [-0.05, 0) is 45.1 Å². The minimum atomic E-state index is -0.0615. The zero-order valence-electron chi connectivity index (χ0n) is 12.8. The molecule has 112 valence electrons. The smallest absolute Gasteiger partial charge is 0.255 e. The van der Waals surface area contributed by atoms with Crippen molar-refractivity contribution in [3.8, 4) is 0 Å². The first-order valence-electron chi connectivity index (χ1n) is 7.42. The minimum Gasteiger partial charge on any atom is -0.370 e. The van der Waals surface area contributed by atoms with Crippen molar-refractivity contribution in [2.75, 3.05) is 38.0 Å². The molecule has 0 aliphatic carbocycles. The second kappa shape index (κ2) is 9.31. The van der Waals surface area contributed by atoms with Gasteiger partial charge in [-0.1, -0.05) is 13.8 Å². The van der Waals surface area contributed by atoms with Gasteiger partial charge in [0.15, 0.2) is 0 Å². The highest BCUT2D eigenvalue weighted by molar-refractivity contribution is 5.98.